The summed E-state index contributed by atoms with van der Waals surface area (Å²) < 4.78 is 26.7. The summed E-state index contributed by atoms with van der Waals surface area (Å²) in [4.78, 5) is 23.8. The normalized spacial score (nSPS) is 19.5. The smallest absolute Gasteiger partial charge is 0.243 e. The number of hydrogen-bond acceptors (Lipinski definition) is 4. The van der Waals surface area contributed by atoms with Gasteiger partial charge in [-0.15, -0.1) is 0 Å². The molecule has 0 unspecified atom stereocenters. The number of anilines is 1. The predicted octanol–water partition coefficient (Wildman–Crippen LogP) is 0.0340. The van der Waals surface area contributed by atoms with Crippen LogP contribution >= 0.6 is 0 Å². The van der Waals surface area contributed by atoms with E-state index in [0.29, 0.717) is 44.7 Å². The number of hydrogen-bond donors (Lipinski definition) is 1. The summed E-state index contributed by atoms with van der Waals surface area (Å²) in [6.07, 6.45) is 1.66. The fourth-order valence-electron chi connectivity index (χ4n) is 2.72. The highest BCUT2D eigenvalue weighted by Gasteiger charge is 2.29. The van der Waals surface area contributed by atoms with Gasteiger partial charge in [0.1, 0.15) is 0 Å². The van der Waals surface area contributed by atoms with Crippen molar-refractivity contribution in [3.8, 4) is 0 Å². The Labute approximate surface area is 128 Å². The van der Waals surface area contributed by atoms with E-state index >= 15 is 0 Å². The molecule has 7 nitrogen and oxygen atoms in total. The van der Waals surface area contributed by atoms with Crippen molar-refractivity contribution in [1.29, 1.82) is 0 Å². The van der Waals surface area contributed by atoms with Crippen LogP contribution in [0.15, 0.2) is 23.1 Å². The van der Waals surface area contributed by atoms with E-state index in [1.807, 2.05) is 0 Å². The Bertz CT molecular complexity index is 709. The predicted molar refractivity (Wildman–Crippen MR) is 79.8 cm³/mol. The first-order valence-electron chi connectivity index (χ1n) is 7.13. The molecule has 2 amide bonds. The van der Waals surface area contributed by atoms with Gasteiger partial charge >= 0.3 is 0 Å². The zero-order valence-electron chi connectivity index (χ0n) is 12.0. The monoisotopic (exact) mass is 323 g/mol. The summed E-state index contributed by atoms with van der Waals surface area (Å²) in [6.45, 7) is 1.41. The summed E-state index contributed by atoms with van der Waals surface area (Å²) in [7, 11) is -3.56. The number of nitrogens with one attached hydrogen (secondary N) is 1. The van der Waals surface area contributed by atoms with Gasteiger partial charge in [0.2, 0.25) is 22.3 Å². The number of rotatable bonds is 3. The molecule has 2 aliphatic heterocycles. The molecule has 2 aliphatic rings. The van der Waals surface area contributed by atoms with Crippen LogP contribution < -0.4 is 5.32 Å². The van der Waals surface area contributed by atoms with Gasteiger partial charge in [-0.3, -0.25) is 9.59 Å². The third kappa shape index (κ3) is 2.71. The first-order chi connectivity index (χ1) is 10.5. The maximum atomic E-state index is 12.7. The molecule has 0 aromatic heterocycles. The molecule has 118 valence electrons. The van der Waals surface area contributed by atoms with Crippen molar-refractivity contribution >= 4 is 28.0 Å². The maximum absolute atomic E-state index is 12.7. The molecule has 0 radical (unpaired) electrons. The van der Waals surface area contributed by atoms with Crippen LogP contribution in [-0.4, -0.2) is 56.1 Å². The van der Waals surface area contributed by atoms with E-state index in [0.717, 1.165) is 12.0 Å². The van der Waals surface area contributed by atoms with Crippen molar-refractivity contribution in [1.82, 2.24) is 9.21 Å². The zero-order valence-corrected chi connectivity index (χ0v) is 12.8. The highest BCUT2D eigenvalue weighted by Crippen LogP contribution is 2.27. The van der Waals surface area contributed by atoms with E-state index in [1.165, 1.54) is 10.4 Å². The van der Waals surface area contributed by atoms with Crippen LogP contribution in [0.1, 0.15) is 12.0 Å². The van der Waals surface area contributed by atoms with E-state index in [1.54, 1.807) is 17.0 Å². The summed E-state index contributed by atoms with van der Waals surface area (Å²) in [6, 6.07) is 4.79. The largest absolute Gasteiger partial charge is 0.343 e. The maximum Gasteiger partial charge on any atom is 0.243 e. The first-order valence-corrected chi connectivity index (χ1v) is 8.57. The van der Waals surface area contributed by atoms with Gasteiger partial charge in [0.25, 0.3) is 0 Å². The number of benzene rings is 1. The van der Waals surface area contributed by atoms with Gasteiger partial charge in [0.15, 0.2) is 0 Å². The van der Waals surface area contributed by atoms with Crippen molar-refractivity contribution in [2.24, 2.45) is 0 Å². The van der Waals surface area contributed by atoms with E-state index in [-0.39, 0.29) is 10.8 Å². The molecule has 0 bridgehead atoms. The number of piperazine rings is 1. The number of fused-ring (bicyclic) bond motifs is 1. The Kier molecular flexibility index (Phi) is 3.88. The van der Waals surface area contributed by atoms with Gasteiger partial charge in [-0.05, 0) is 30.2 Å². The van der Waals surface area contributed by atoms with Crippen LogP contribution in [0.25, 0.3) is 0 Å². The second-order valence-corrected chi connectivity index (χ2v) is 7.35. The van der Waals surface area contributed by atoms with Crippen molar-refractivity contribution in [3.05, 3.63) is 23.8 Å². The Morgan fingerprint density at radius 3 is 2.50 bits per heavy atom. The lowest BCUT2D eigenvalue weighted by Gasteiger charge is -2.32. The fraction of sp³-hybridized carbons (Fsp3) is 0.429. The minimum atomic E-state index is -3.56. The van der Waals surface area contributed by atoms with Crippen molar-refractivity contribution in [3.63, 3.8) is 0 Å². The molecule has 2 heterocycles. The molecule has 3 rings (SSSR count). The third-order valence-electron chi connectivity index (χ3n) is 4.03. The highest BCUT2D eigenvalue weighted by molar-refractivity contribution is 7.89. The molecule has 0 aliphatic carbocycles. The van der Waals surface area contributed by atoms with E-state index in [9.17, 15) is 18.0 Å². The SMILES string of the molecule is O=CN1CCN(S(=O)(=O)c2ccc3c(c2)CCC(=O)N3)CC1. The van der Waals surface area contributed by atoms with E-state index in [4.69, 9.17) is 0 Å². The zero-order chi connectivity index (χ0) is 15.7. The summed E-state index contributed by atoms with van der Waals surface area (Å²) >= 11 is 0. The first kappa shape index (κ1) is 15.0. The quantitative estimate of drug-likeness (QED) is 0.795. The molecule has 1 aromatic carbocycles. The minimum absolute atomic E-state index is 0.0481. The van der Waals surface area contributed by atoms with E-state index < -0.39 is 10.0 Å². The van der Waals surface area contributed by atoms with Gasteiger partial charge in [-0.1, -0.05) is 0 Å². The lowest BCUT2D eigenvalue weighted by Crippen LogP contribution is -2.48. The van der Waals surface area contributed by atoms with Crippen LogP contribution in [0.4, 0.5) is 5.69 Å². The standard InChI is InChI=1S/C14H17N3O4S/c18-10-16-5-7-17(8-6-16)22(20,21)12-2-3-13-11(9-12)1-4-14(19)15-13/h2-3,9-10H,1,4-8H2,(H,15,19). The Morgan fingerprint density at radius 2 is 1.82 bits per heavy atom. The topological polar surface area (TPSA) is 86.8 Å². The second-order valence-electron chi connectivity index (χ2n) is 5.41. The Morgan fingerprint density at radius 1 is 1.09 bits per heavy atom. The molecular weight excluding hydrogens is 306 g/mol. The lowest BCUT2D eigenvalue weighted by atomic mass is 10.0. The van der Waals surface area contributed by atoms with Crippen molar-refractivity contribution < 1.29 is 18.0 Å². The molecule has 0 spiro atoms. The molecule has 1 fully saturated rings. The molecule has 1 aromatic rings. The van der Waals surface area contributed by atoms with Gasteiger partial charge in [-0.2, -0.15) is 4.31 Å². The van der Waals surface area contributed by atoms with Gasteiger partial charge in [0.05, 0.1) is 4.90 Å². The number of carbonyl (C=O) groups excluding carboxylic acids is 2. The van der Waals surface area contributed by atoms with Crippen LogP contribution in [-0.2, 0) is 26.0 Å². The third-order valence-corrected chi connectivity index (χ3v) is 5.93. The summed E-state index contributed by atoms with van der Waals surface area (Å²) in [5.74, 6) is -0.0481. The molecule has 0 atom stereocenters. The number of nitrogens with zero attached hydrogens (tertiary/aromatic N) is 2. The lowest BCUT2D eigenvalue weighted by molar-refractivity contribution is -0.119. The number of carbonyl (C=O) groups is 2. The number of aryl methyl sites for hydroxylation is 1. The Balaban J connectivity index is 1.84. The number of amides is 2. The average molecular weight is 323 g/mol. The molecule has 1 saturated heterocycles. The Hall–Kier alpha value is -1.93. The van der Waals surface area contributed by atoms with Crippen LogP contribution in [0.5, 0.6) is 0 Å². The molecule has 22 heavy (non-hydrogen) atoms. The average Bonchev–Trinajstić information content (AvgIpc) is 2.54. The van der Waals surface area contributed by atoms with Crippen LogP contribution in [0.2, 0.25) is 0 Å². The summed E-state index contributed by atoms with van der Waals surface area (Å²) in [5, 5.41) is 2.74. The van der Waals surface area contributed by atoms with Crippen molar-refractivity contribution in [2.75, 3.05) is 31.5 Å². The fourth-order valence-corrected chi connectivity index (χ4v) is 4.19. The van der Waals surface area contributed by atoms with Gasteiger partial charge in [0, 0.05) is 38.3 Å². The number of sulfonamides is 1. The minimum Gasteiger partial charge on any atom is -0.343 e. The highest BCUT2D eigenvalue weighted by atomic mass is 32.2. The molecule has 1 N–H and O–H groups in total. The second kappa shape index (κ2) is 5.69. The van der Waals surface area contributed by atoms with Gasteiger partial charge < -0.3 is 10.2 Å². The molecular formula is C14H17N3O4S. The van der Waals surface area contributed by atoms with Crippen LogP contribution in [0, 0.1) is 0 Å². The van der Waals surface area contributed by atoms with E-state index in [2.05, 4.69) is 5.32 Å². The molecule has 0 saturated carbocycles. The van der Waals surface area contributed by atoms with Crippen molar-refractivity contribution in [2.45, 2.75) is 17.7 Å². The van der Waals surface area contributed by atoms with Gasteiger partial charge in [-0.25, -0.2) is 8.42 Å². The summed E-state index contributed by atoms with van der Waals surface area (Å²) in [5.41, 5.74) is 1.52. The molecule has 8 heteroatoms. The van der Waals surface area contributed by atoms with Crippen LogP contribution in [0.3, 0.4) is 0 Å².